The van der Waals surface area contributed by atoms with E-state index >= 15 is 0 Å². The van der Waals surface area contributed by atoms with Gasteiger partial charge in [0, 0.05) is 19.5 Å². The van der Waals surface area contributed by atoms with Crippen LogP contribution in [-0.2, 0) is 6.42 Å². The Morgan fingerprint density at radius 3 is 2.75 bits per heavy atom. The van der Waals surface area contributed by atoms with Crippen molar-refractivity contribution in [3.8, 4) is 5.88 Å². The molecule has 1 aromatic heterocycles. The topological polar surface area (TPSA) is 47.0 Å². The second kappa shape index (κ2) is 7.46. The van der Waals surface area contributed by atoms with Crippen LogP contribution in [0, 0.1) is 5.92 Å². The van der Waals surface area contributed by atoms with Crippen molar-refractivity contribution in [3.63, 3.8) is 0 Å². The van der Waals surface area contributed by atoms with Crippen molar-refractivity contribution in [2.45, 2.75) is 64.9 Å². The Balaban J connectivity index is 2.12. The summed E-state index contributed by atoms with van der Waals surface area (Å²) in [7, 11) is 1.89. The number of nitrogens with zero attached hydrogens (tertiary/aromatic N) is 2. The van der Waals surface area contributed by atoms with Gasteiger partial charge in [-0.2, -0.15) is 4.98 Å². The number of aryl methyl sites for hydroxylation is 1. The minimum absolute atomic E-state index is 0.322. The summed E-state index contributed by atoms with van der Waals surface area (Å²) in [5.74, 6) is 3.13. The van der Waals surface area contributed by atoms with Gasteiger partial charge >= 0.3 is 0 Å². The van der Waals surface area contributed by atoms with E-state index in [0.717, 1.165) is 36.8 Å². The highest BCUT2D eigenvalue weighted by atomic mass is 16.5. The van der Waals surface area contributed by atoms with Crippen LogP contribution >= 0.6 is 0 Å². The van der Waals surface area contributed by atoms with Crippen molar-refractivity contribution in [2.24, 2.45) is 5.92 Å². The van der Waals surface area contributed by atoms with Crippen molar-refractivity contribution in [2.75, 3.05) is 12.4 Å². The van der Waals surface area contributed by atoms with Crippen LogP contribution in [0.15, 0.2) is 6.07 Å². The highest BCUT2D eigenvalue weighted by Gasteiger charge is 2.25. The van der Waals surface area contributed by atoms with Gasteiger partial charge in [-0.3, -0.25) is 0 Å². The van der Waals surface area contributed by atoms with Crippen LogP contribution in [0.5, 0.6) is 5.88 Å². The van der Waals surface area contributed by atoms with Gasteiger partial charge in [0.2, 0.25) is 5.88 Å². The highest BCUT2D eigenvalue weighted by Crippen LogP contribution is 2.30. The molecule has 0 radical (unpaired) electrons. The molecule has 0 aromatic carbocycles. The minimum atomic E-state index is 0.322. The molecule has 112 valence electrons. The first-order valence-electron chi connectivity index (χ1n) is 7.99. The predicted molar refractivity (Wildman–Crippen MR) is 82.2 cm³/mol. The van der Waals surface area contributed by atoms with Gasteiger partial charge < -0.3 is 10.1 Å². The molecule has 2 atom stereocenters. The lowest BCUT2D eigenvalue weighted by Gasteiger charge is -2.30. The van der Waals surface area contributed by atoms with Gasteiger partial charge in [0.1, 0.15) is 17.7 Å². The maximum Gasteiger partial charge on any atom is 0.219 e. The summed E-state index contributed by atoms with van der Waals surface area (Å²) in [6.45, 7) is 4.40. The zero-order valence-corrected chi connectivity index (χ0v) is 13.0. The fourth-order valence-corrected chi connectivity index (χ4v) is 2.95. The molecule has 0 amide bonds. The molecule has 1 aromatic rings. The largest absolute Gasteiger partial charge is 0.474 e. The summed E-state index contributed by atoms with van der Waals surface area (Å²) in [5.41, 5.74) is 0. The van der Waals surface area contributed by atoms with Gasteiger partial charge in [-0.05, 0) is 38.0 Å². The molecule has 4 heteroatoms. The molecule has 1 heterocycles. The smallest absolute Gasteiger partial charge is 0.219 e. The molecule has 0 spiro atoms. The molecule has 0 saturated heterocycles. The van der Waals surface area contributed by atoms with Crippen molar-refractivity contribution in [3.05, 3.63) is 11.9 Å². The van der Waals surface area contributed by atoms with Crippen molar-refractivity contribution in [1.29, 1.82) is 0 Å². The Labute approximate surface area is 122 Å². The van der Waals surface area contributed by atoms with Gasteiger partial charge in [-0.1, -0.05) is 20.3 Å². The van der Waals surface area contributed by atoms with Crippen molar-refractivity contribution >= 4 is 5.82 Å². The third-order valence-corrected chi connectivity index (χ3v) is 4.11. The fraction of sp³-hybridized carbons (Fsp3) is 0.750. The first kappa shape index (κ1) is 15.1. The molecule has 1 aliphatic rings. The summed E-state index contributed by atoms with van der Waals surface area (Å²) in [6, 6.07) is 1.92. The third-order valence-electron chi connectivity index (χ3n) is 4.11. The first-order valence-corrected chi connectivity index (χ1v) is 7.99. The second-order valence-electron chi connectivity index (χ2n) is 5.62. The lowest BCUT2D eigenvalue weighted by molar-refractivity contribution is 0.0855. The quantitative estimate of drug-likeness (QED) is 0.858. The van der Waals surface area contributed by atoms with Gasteiger partial charge in [-0.15, -0.1) is 0 Å². The van der Waals surface area contributed by atoms with Gasteiger partial charge in [0.05, 0.1) is 0 Å². The molecule has 1 aliphatic carbocycles. The SMILES string of the molecule is CCCc1nc(NC)cc(OC2CCCCC2CC)n1. The summed E-state index contributed by atoms with van der Waals surface area (Å²) in [6.07, 6.45) is 8.51. The standard InChI is InChI=1S/C16H27N3O/c1-4-8-14-18-15(17-3)11-16(19-14)20-13-10-7-6-9-12(13)5-2/h11-13H,4-10H2,1-3H3,(H,17,18,19). The average Bonchev–Trinajstić information content (AvgIpc) is 2.48. The van der Waals surface area contributed by atoms with Gasteiger partial charge in [-0.25, -0.2) is 4.98 Å². The molecule has 1 saturated carbocycles. The normalized spacial score (nSPS) is 22.6. The number of anilines is 1. The summed E-state index contributed by atoms with van der Waals surface area (Å²) < 4.78 is 6.20. The molecule has 4 nitrogen and oxygen atoms in total. The molecule has 2 rings (SSSR count). The van der Waals surface area contributed by atoms with Crippen LogP contribution in [0.2, 0.25) is 0 Å². The summed E-state index contributed by atoms with van der Waals surface area (Å²) >= 11 is 0. The number of ether oxygens (including phenoxy) is 1. The zero-order chi connectivity index (χ0) is 14.4. The number of hydrogen-bond acceptors (Lipinski definition) is 4. The monoisotopic (exact) mass is 277 g/mol. The Kier molecular flexibility index (Phi) is 5.62. The summed E-state index contributed by atoms with van der Waals surface area (Å²) in [4.78, 5) is 9.03. The van der Waals surface area contributed by atoms with Crippen LogP contribution < -0.4 is 10.1 Å². The number of rotatable bonds is 6. The van der Waals surface area contributed by atoms with E-state index in [9.17, 15) is 0 Å². The lowest BCUT2D eigenvalue weighted by atomic mass is 9.85. The number of hydrogen-bond donors (Lipinski definition) is 1. The van der Waals surface area contributed by atoms with Gasteiger partial charge in [0.25, 0.3) is 0 Å². The van der Waals surface area contributed by atoms with E-state index < -0.39 is 0 Å². The van der Waals surface area contributed by atoms with E-state index in [1.54, 1.807) is 0 Å². The van der Waals surface area contributed by atoms with E-state index in [1.807, 2.05) is 13.1 Å². The first-order chi connectivity index (χ1) is 9.76. The van der Waals surface area contributed by atoms with Crippen LogP contribution in [0.4, 0.5) is 5.82 Å². The minimum Gasteiger partial charge on any atom is -0.474 e. The third kappa shape index (κ3) is 3.84. The lowest BCUT2D eigenvalue weighted by Crippen LogP contribution is -2.30. The molecule has 1 N–H and O–H groups in total. The van der Waals surface area contributed by atoms with Crippen LogP contribution in [0.1, 0.15) is 58.2 Å². The van der Waals surface area contributed by atoms with Crippen molar-refractivity contribution in [1.82, 2.24) is 9.97 Å². The van der Waals surface area contributed by atoms with Crippen molar-refractivity contribution < 1.29 is 4.74 Å². The molecule has 20 heavy (non-hydrogen) atoms. The molecule has 0 bridgehead atoms. The predicted octanol–water partition coefficient (Wildman–Crippen LogP) is 3.82. The Hall–Kier alpha value is -1.32. The zero-order valence-electron chi connectivity index (χ0n) is 13.0. The molecular weight excluding hydrogens is 250 g/mol. The molecule has 2 unspecified atom stereocenters. The van der Waals surface area contributed by atoms with E-state index in [-0.39, 0.29) is 0 Å². The molecular formula is C16H27N3O. The van der Waals surface area contributed by atoms with Crippen LogP contribution in [-0.4, -0.2) is 23.1 Å². The van der Waals surface area contributed by atoms with E-state index in [0.29, 0.717) is 12.0 Å². The Morgan fingerprint density at radius 1 is 1.25 bits per heavy atom. The van der Waals surface area contributed by atoms with E-state index in [2.05, 4.69) is 29.1 Å². The highest BCUT2D eigenvalue weighted by molar-refractivity contribution is 5.37. The van der Waals surface area contributed by atoms with Gasteiger partial charge in [0.15, 0.2) is 0 Å². The van der Waals surface area contributed by atoms with Crippen LogP contribution in [0.25, 0.3) is 0 Å². The molecule has 0 aliphatic heterocycles. The Bertz CT molecular complexity index is 422. The summed E-state index contributed by atoms with van der Waals surface area (Å²) in [5, 5.41) is 3.10. The van der Waals surface area contributed by atoms with E-state index in [4.69, 9.17) is 4.74 Å². The molecule has 1 fully saturated rings. The van der Waals surface area contributed by atoms with E-state index in [1.165, 1.54) is 25.7 Å². The average molecular weight is 277 g/mol. The maximum atomic E-state index is 6.20. The second-order valence-corrected chi connectivity index (χ2v) is 5.62. The fourth-order valence-electron chi connectivity index (χ4n) is 2.95. The maximum absolute atomic E-state index is 6.20. The Morgan fingerprint density at radius 2 is 2.05 bits per heavy atom. The number of aromatic nitrogens is 2. The number of nitrogens with one attached hydrogen (secondary N) is 1. The van der Waals surface area contributed by atoms with Crippen LogP contribution in [0.3, 0.4) is 0 Å².